The van der Waals surface area contributed by atoms with Crippen LogP contribution in [0.1, 0.15) is 26.2 Å². The minimum atomic E-state index is 0.107. The van der Waals surface area contributed by atoms with Crippen LogP contribution in [0.3, 0.4) is 0 Å². The molecule has 3 heteroatoms. The van der Waals surface area contributed by atoms with E-state index in [2.05, 4.69) is 24.1 Å². The van der Waals surface area contributed by atoms with Crippen LogP contribution in [-0.4, -0.2) is 25.0 Å². The third-order valence-electron chi connectivity index (χ3n) is 2.50. The summed E-state index contributed by atoms with van der Waals surface area (Å²) in [5.41, 5.74) is 0. The molecule has 3 nitrogen and oxygen atoms in total. The number of hydrogen-bond donors (Lipinski definition) is 2. The highest BCUT2D eigenvalue weighted by molar-refractivity contribution is 5.78. The second-order valence-corrected chi connectivity index (χ2v) is 3.88. The number of nitrogens with one attached hydrogen (secondary N) is 2. The minimum absolute atomic E-state index is 0.107. The SMILES string of the molecule is C=CCNCC(=O)NC1CC1CCC. The first-order valence-corrected chi connectivity index (χ1v) is 5.39. The maximum absolute atomic E-state index is 11.3. The van der Waals surface area contributed by atoms with Crippen molar-refractivity contribution in [2.45, 2.75) is 32.2 Å². The van der Waals surface area contributed by atoms with Crippen molar-refractivity contribution in [3.63, 3.8) is 0 Å². The summed E-state index contributed by atoms with van der Waals surface area (Å²) in [5, 5.41) is 6.00. The lowest BCUT2D eigenvalue weighted by atomic mass is 10.2. The van der Waals surface area contributed by atoms with E-state index < -0.39 is 0 Å². The molecule has 0 aromatic heterocycles. The van der Waals surface area contributed by atoms with Crippen molar-refractivity contribution in [3.8, 4) is 0 Å². The fourth-order valence-corrected chi connectivity index (χ4v) is 1.66. The average molecular weight is 196 g/mol. The quantitative estimate of drug-likeness (QED) is 0.472. The summed E-state index contributed by atoms with van der Waals surface area (Å²) < 4.78 is 0. The zero-order valence-electron chi connectivity index (χ0n) is 8.88. The fourth-order valence-electron chi connectivity index (χ4n) is 1.66. The molecule has 0 bridgehead atoms. The van der Waals surface area contributed by atoms with Gasteiger partial charge in [-0.1, -0.05) is 19.4 Å². The summed E-state index contributed by atoms with van der Waals surface area (Å²) in [7, 11) is 0. The van der Waals surface area contributed by atoms with Gasteiger partial charge < -0.3 is 10.6 Å². The highest BCUT2D eigenvalue weighted by Crippen LogP contribution is 2.34. The van der Waals surface area contributed by atoms with Gasteiger partial charge in [0.1, 0.15) is 0 Å². The summed E-state index contributed by atoms with van der Waals surface area (Å²) in [6.45, 7) is 6.85. The normalized spacial score (nSPS) is 24.4. The molecule has 2 N–H and O–H groups in total. The Bertz CT molecular complexity index is 203. The molecular weight excluding hydrogens is 176 g/mol. The maximum Gasteiger partial charge on any atom is 0.234 e. The zero-order valence-corrected chi connectivity index (χ0v) is 8.88. The van der Waals surface area contributed by atoms with Gasteiger partial charge in [0.25, 0.3) is 0 Å². The van der Waals surface area contributed by atoms with E-state index >= 15 is 0 Å². The van der Waals surface area contributed by atoms with Gasteiger partial charge in [0, 0.05) is 12.6 Å². The molecule has 14 heavy (non-hydrogen) atoms. The third kappa shape index (κ3) is 3.92. The van der Waals surface area contributed by atoms with E-state index in [1.165, 1.54) is 19.3 Å². The van der Waals surface area contributed by atoms with Gasteiger partial charge in [-0.05, 0) is 18.8 Å². The molecule has 1 aliphatic carbocycles. The van der Waals surface area contributed by atoms with Gasteiger partial charge in [0.15, 0.2) is 0 Å². The van der Waals surface area contributed by atoms with Crippen molar-refractivity contribution >= 4 is 5.91 Å². The predicted octanol–water partition coefficient (Wildman–Crippen LogP) is 1.07. The number of carbonyl (C=O) groups excluding carboxylic acids is 1. The first-order chi connectivity index (χ1) is 6.77. The molecule has 0 radical (unpaired) electrons. The van der Waals surface area contributed by atoms with Crippen molar-refractivity contribution in [1.29, 1.82) is 0 Å². The molecular formula is C11H20N2O. The van der Waals surface area contributed by atoms with E-state index in [-0.39, 0.29) is 5.91 Å². The number of hydrogen-bond acceptors (Lipinski definition) is 2. The molecule has 1 fully saturated rings. The summed E-state index contributed by atoms with van der Waals surface area (Å²) in [6.07, 6.45) is 5.38. The van der Waals surface area contributed by atoms with Crippen LogP contribution >= 0.6 is 0 Å². The van der Waals surface area contributed by atoms with Crippen molar-refractivity contribution in [3.05, 3.63) is 12.7 Å². The van der Waals surface area contributed by atoms with E-state index in [4.69, 9.17) is 0 Å². The monoisotopic (exact) mass is 196 g/mol. The van der Waals surface area contributed by atoms with Gasteiger partial charge in [-0.25, -0.2) is 0 Å². The molecule has 0 spiro atoms. The molecule has 80 valence electrons. The van der Waals surface area contributed by atoms with Crippen LogP contribution in [0.25, 0.3) is 0 Å². The molecule has 1 rings (SSSR count). The van der Waals surface area contributed by atoms with Crippen LogP contribution in [-0.2, 0) is 4.79 Å². The smallest absolute Gasteiger partial charge is 0.234 e. The topological polar surface area (TPSA) is 41.1 Å². The lowest BCUT2D eigenvalue weighted by molar-refractivity contribution is -0.120. The standard InChI is InChI=1S/C11H20N2O/c1-3-5-9-7-10(9)13-11(14)8-12-6-4-2/h4,9-10,12H,2-3,5-8H2,1H3,(H,13,14). The fraction of sp³-hybridized carbons (Fsp3) is 0.727. The second-order valence-electron chi connectivity index (χ2n) is 3.88. The Hall–Kier alpha value is -0.830. The summed E-state index contributed by atoms with van der Waals surface area (Å²) in [4.78, 5) is 11.3. The van der Waals surface area contributed by atoms with E-state index in [1.54, 1.807) is 6.08 Å². The van der Waals surface area contributed by atoms with E-state index in [0.717, 1.165) is 5.92 Å². The van der Waals surface area contributed by atoms with Crippen LogP contribution < -0.4 is 10.6 Å². The number of carbonyl (C=O) groups is 1. The largest absolute Gasteiger partial charge is 0.352 e. The Balaban J connectivity index is 2.02. The first-order valence-electron chi connectivity index (χ1n) is 5.39. The van der Waals surface area contributed by atoms with Crippen molar-refractivity contribution in [2.24, 2.45) is 5.92 Å². The molecule has 1 amide bonds. The molecule has 0 heterocycles. The molecule has 2 unspecified atom stereocenters. The number of rotatable bonds is 7. The van der Waals surface area contributed by atoms with Gasteiger partial charge in [0.05, 0.1) is 6.54 Å². The lowest BCUT2D eigenvalue weighted by Gasteiger charge is -2.04. The molecule has 0 aliphatic heterocycles. The van der Waals surface area contributed by atoms with Crippen LogP contribution in [0.4, 0.5) is 0 Å². The minimum Gasteiger partial charge on any atom is -0.352 e. The summed E-state index contributed by atoms with van der Waals surface area (Å²) in [6, 6.07) is 0.452. The molecule has 1 aliphatic rings. The lowest BCUT2D eigenvalue weighted by Crippen LogP contribution is -2.35. The Morgan fingerprint density at radius 3 is 3.07 bits per heavy atom. The van der Waals surface area contributed by atoms with E-state index in [0.29, 0.717) is 19.1 Å². The van der Waals surface area contributed by atoms with Crippen LogP contribution in [0.2, 0.25) is 0 Å². The first kappa shape index (κ1) is 11.2. The molecule has 0 aromatic carbocycles. The zero-order chi connectivity index (χ0) is 10.4. The third-order valence-corrected chi connectivity index (χ3v) is 2.50. The van der Waals surface area contributed by atoms with Gasteiger partial charge in [-0.2, -0.15) is 0 Å². The van der Waals surface area contributed by atoms with Crippen molar-refractivity contribution in [1.82, 2.24) is 10.6 Å². The predicted molar refractivity (Wildman–Crippen MR) is 58.0 cm³/mol. The molecule has 0 aromatic rings. The summed E-state index contributed by atoms with van der Waals surface area (Å²) in [5.74, 6) is 0.846. The number of amides is 1. The van der Waals surface area contributed by atoms with Gasteiger partial charge in [-0.15, -0.1) is 6.58 Å². The van der Waals surface area contributed by atoms with E-state index in [1.807, 2.05) is 0 Å². The average Bonchev–Trinajstić information content (AvgIpc) is 2.85. The van der Waals surface area contributed by atoms with Gasteiger partial charge >= 0.3 is 0 Å². The maximum atomic E-state index is 11.3. The van der Waals surface area contributed by atoms with Crippen LogP contribution in [0, 0.1) is 5.92 Å². The molecule has 2 atom stereocenters. The Morgan fingerprint density at radius 2 is 2.43 bits per heavy atom. The van der Waals surface area contributed by atoms with Crippen molar-refractivity contribution in [2.75, 3.05) is 13.1 Å². The highest BCUT2D eigenvalue weighted by atomic mass is 16.2. The Kier molecular flexibility index (Phi) is 4.66. The molecule has 1 saturated carbocycles. The Labute approximate surface area is 86.0 Å². The second kappa shape index (κ2) is 5.81. The Morgan fingerprint density at radius 1 is 1.64 bits per heavy atom. The summed E-state index contributed by atoms with van der Waals surface area (Å²) >= 11 is 0. The highest BCUT2D eigenvalue weighted by Gasteiger charge is 2.36. The van der Waals surface area contributed by atoms with Crippen molar-refractivity contribution < 1.29 is 4.79 Å². The van der Waals surface area contributed by atoms with Gasteiger partial charge in [-0.3, -0.25) is 4.79 Å². The molecule has 0 saturated heterocycles. The van der Waals surface area contributed by atoms with Gasteiger partial charge in [0.2, 0.25) is 5.91 Å². The van der Waals surface area contributed by atoms with E-state index in [9.17, 15) is 4.79 Å². The van der Waals surface area contributed by atoms with Crippen LogP contribution in [0.15, 0.2) is 12.7 Å². The van der Waals surface area contributed by atoms with Crippen LogP contribution in [0.5, 0.6) is 0 Å².